The molecule has 3 aliphatic heterocycles. The van der Waals surface area contributed by atoms with E-state index in [2.05, 4.69) is 20.1 Å². The Morgan fingerprint density at radius 1 is 1.12 bits per heavy atom. The van der Waals surface area contributed by atoms with Crippen molar-refractivity contribution in [2.75, 3.05) is 31.1 Å². The number of hydrogen-bond acceptors (Lipinski definition) is 5. The van der Waals surface area contributed by atoms with E-state index in [0.29, 0.717) is 32.4 Å². The summed E-state index contributed by atoms with van der Waals surface area (Å²) in [4.78, 5) is 49.0. The van der Waals surface area contributed by atoms with Gasteiger partial charge in [0.1, 0.15) is 11.6 Å². The summed E-state index contributed by atoms with van der Waals surface area (Å²) in [6, 6.07) is 7.93. The Morgan fingerprint density at radius 3 is 2.38 bits per heavy atom. The Kier molecular flexibility index (Phi) is 9.99. The fourth-order valence-corrected chi connectivity index (χ4v) is 7.68. The average molecular weight is 580 g/mol. The number of nitrogens with zero attached hydrogens (tertiary/aromatic N) is 3. The van der Waals surface area contributed by atoms with Crippen LogP contribution in [0.3, 0.4) is 0 Å². The van der Waals surface area contributed by atoms with Crippen molar-refractivity contribution in [3.05, 3.63) is 55.6 Å². The molecule has 3 fully saturated rings. The maximum atomic E-state index is 14.7. The van der Waals surface area contributed by atoms with Gasteiger partial charge in [0, 0.05) is 25.3 Å². The van der Waals surface area contributed by atoms with Gasteiger partial charge in [-0.05, 0) is 43.7 Å². The molecule has 0 aliphatic carbocycles. The molecule has 1 aromatic rings. The third kappa shape index (κ3) is 5.11. The second kappa shape index (κ2) is 13.1. The molecule has 0 radical (unpaired) electrons. The van der Waals surface area contributed by atoms with Gasteiger partial charge in [-0.1, -0.05) is 70.9 Å². The summed E-state index contributed by atoms with van der Waals surface area (Å²) >= 11 is 0. The van der Waals surface area contributed by atoms with Gasteiger partial charge in [0.05, 0.1) is 30.1 Å². The molecule has 0 aromatic heterocycles. The van der Waals surface area contributed by atoms with Crippen molar-refractivity contribution >= 4 is 23.4 Å². The highest BCUT2D eigenvalue weighted by molar-refractivity contribution is 6.03. The number of fused-ring (bicyclic) bond motifs is 1. The summed E-state index contributed by atoms with van der Waals surface area (Å²) in [5.41, 5.74) is -1.27. The van der Waals surface area contributed by atoms with Gasteiger partial charge < -0.3 is 24.5 Å². The largest absolute Gasteiger partial charge is 0.394 e. The summed E-state index contributed by atoms with van der Waals surface area (Å²) < 4.78 is 7.00. The Hall–Kier alpha value is -2.97. The van der Waals surface area contributed by atoms with Crippen molar-refractivity contribution in [1.29, 1.82) is 0 Å². The van der Waals surface area contributed by atoms with Crippen molar-refractivity contribution < 1.29 is 24.2 Å². The van der Waals surface area contributed by atoms with Gasteiger partial charge in [0.25, 0.3) is 0 Å². The van der Waals surface area contributed by atoms with Crippen LogP contribution >= 0.6 is 0 Å². The molecule has 2 unspecified atom stereocenters. The molecule has 42 heavy (non-hydrogen) atoms. The quantitative estimate of drug-likeness (QED) is 0.307. The molecule has 4 rings (SSSR count). The molecular weight excluding hydrogens is 530 g/mol. The van der Waals surface area contributed by atoms with Crippen LogP contribution in [0, 0.1) is 17.8 Å². The van der Waals surface area contributed by atoms with Crippen molar-refractivity contribution in [2.45, 2.75) is 89.5 Å². The number of ether oxygens (including phenoxy) is 1. The molecule has 3 aliphatic rings. The molecule has 1 N–H and O–H groups in total. The van der Waals surface area contributed by atoms with Crippen LogP contribution in [0.15, 0.2) is 55.6 Å². The van der Waals surface area contributed by atoms with E-state index in [9.17, 15) is 19.5 Å². The molecule has 3 saturated heterocycles. The normalized spacial score (nSPS) is 29.2. The number of unbranched alkanes of at least 4 members (excludes halogenated alkanes) is 1. The highest BCUT2D eigenvalue weighted by Gasteiger charge is 2.79. The summed E-state index contributed by atoms with van der Waals surface area (Å²) in [6.45, 7) is 16.8. The van der Waals surface area contributed by atoms with E-state index >= 15 is 0 Å². The topological polar surface area (TPSA) is 90.4 Å². The molecule has 8 heteroatoms. The van der Waals surface area contributed by atoms with Crippen molar-refractivity contribution in [2.24, 2.45) is 17.8 Å². The van der Waals surface area contributed by atoms with Gasteiger partial charge >= 0.3 is 0 Å². The Labute approximate surface area is 251 Å². The zero-order valence-corrected chi connectivity index (χ0v) is 25.8. The Bertz CT molecular complexity index is 1160. The van der Waals surface area contributed by atoms with Crippen molar-refractivity contribution in [3.63, 3.8) is 0 Å². The lowest BCUT2D eigenvalue weighted by Gasteiger charge is -2.41. The summed E-state index contributed by atoms with van der Waals surface area (Å²) in [6.07, 6.45) is 7.50. The highest BCUT2D eigenvalue weighted by atomic mass is 16.5. The van der Waals surface area contributed by atoms with Gasteiger partial charge in [-0.2, -0.15) is 0 Å². The molecule has 8 nitrogen and oxygen atoms in total. The number of amides is 3. The number of aliphatic hydroxyl groups is 1. The molecule has 230 valence electrons. The predicted molar refractivity (Wildman–Crippen MR) is 165 cm³/mol. The first-order chi connectivity index (χ1) is 20.2. The zero-order valence-electron chi connectivity index (χ0n) is 25.8. The summed E-state index contributed by atoms with van der Waals surface area (Å²) in [7, 11) is 0. The zero-order chi connectivity index (χ0) is 30.7. The second-order valence-electron chi connectivity index (χ2n) is 12.2. The van der Waals surface area contributed by atoms with E-state index in [-0.39, 0.29) is 36.8 Å². The van der Waals surface area contributed by atoms with Gasteiger partial charge in [-0.15, -0.1) is 13.2 Å². The Morgan fingerprint density at radius 2 is 1.81 bits per heavy atom. The van der Waals surface area contributed by atoms with Gasteiger partial charge in [-0.3, -0.25) is 14.4 Å². The molecule has 1 spiro atoms. The molecule has 7 atom stereocenters. The van der Waals surface area contributed by atoms with Crippen LogP contribution in [0.2, 0.25) is 0 Å². The van der Waals surface area contributed by atoms with Crippen LogP contribution in [0.1, 0.15) is 66.2 Å². The van der Waals surface area contributed by atoms with Crippen LogP contribution in [0.25, 0.3) is 0 Å². The van der Waals surface area contributed by atoms with Crippen molar-refractivity contribution in [3.8, 4) is 0 Å². The second-order valence-corrected chi connectivity index (χ2v) is 12.2. The van der Waals surface area contributed by atoms with Crippen LogP contribution in [-0.4, -0.2) is 82.2 Å². The number of carbonyl (C=O) groups is 3. The molecular formula is C34H49N3O5. The fraction of sp³-hybridized carbons (Fsp3) is 0.618. The smallest absolute Gasteiger partial charge is 0.248 e. The minimum atomic E-state index is -1.15. The van der Waals surface area contributed by atoms with Gasteiger partial charge in [-0.25, -0.2) is 0 Å². The number of hydrogen-bond donors (Lipinski definition) is 1. The minimum absolute atomic E-state index is 0.0546. The lowest BCUT2D eigenvalue weighted by Crippen LogP contribution is -2.60. The van der Waals surface area contributed by atoms with Crippen LogP contribution in [0.5, 0.6) is 0 Å². The number of para-hydroxylation sites is 1. The minimum Gasteiger partial charge on any atom is -0.394 e. The third-order valence-electron chi connectivity index (χ3n) is 10.1. The number of likely N-dealkylation sites (tertiary alicyclic amines) is 1. The number of rotatable bonds is 15. The van der Waals surface area contributed by atoms with Crippen LogP contribution < -0.4 is 4.90 Å². The molecule has 3 amide bonds. The monoisotopic (exact) mass is 579 g/mol. The fourth-order valence-electron chi connectivity index (χ4n) is 7.68. The highest BCUT2D eigenvalue weighted by Crippen LogP contribution is 2.65. The lowest BCUT2D eigenvalue weighted by atomic mass is 9.64. The average Bonchev–Trinajstić information content (AvgIpc) is 3.62. The van der Waals surface area contributed by atoms with E-state index in [0.717, 1.165) is 24.9 Å². The molecule has 3 heterocycles. The van der Waals surface area contributed by atoms with E-state index in [1.807, 2.05) is 51.1 Å². The number of aliphatic hydroxyl groups excluding tert-OH is 1. The number of carbonyl (C=O) groups excluding carboxylic acids is 3. The first-order valence-corrected chi connectivity index (χ1v) is 15.7. The van der Waals surface area contributed by atoms with Gasteiger partial charge in [0.2, 0.25) is 17.7 Å². The molecule has 0 saturated carbocycles. The molecule has 1 aromatic carbocycles. The number of anilines is 1. The first-order valence-electron chi connectivity index (χ1n) is 15.7. The molecule has 2 bridgehead atoms. The summed E-state index contributed by atoms with van der Waals surface area (Å²) in [5.74, 6) is -2.27. The maximum Gasteiger partial charge on any atom is 0.248 e. The van der Waals surface area contributed by atoms with E-state index in [1.54, 1.807) is 26.9 Å². The van der Waals surface area contributed by atoms with E-state index in [1.165, 1.54) is 0 Å². The maximum absolute atomic E-state index is 14.7. The predicted octanol–water partition coefficient (Wildman–Crippen LogP) is 4.58. The van der Waals surface area contributed by atoms with E-state index in [4.69, 9.17) is 4.74 Å². The standard InChI is InChI=1S/C34H49N3O5/c1-7-12-22-35(20-8-2)32(41)29-34-19-18-33(11-5,42-34)27(28(34)31(40)37(29)26(23-38)24(6)10-4)30(39)36(21-9-3)25-16-14-13-15-17-25/h8-9,13-17,24,26-29,38H,2-3,7,10-12,18-23H2,1,4-6H3/t24-,26-,27+,28-,29?,33-,34?/m0/s1. The van der Waals surface area contributed by atoms with Crippen LogP contribution in [0.4, 0.5) is 5.69 Å². The summed E-state index contributed by atoms with van der Waals surface area (Å²) in [5, 5.41) is 10.6. The Balaban J connectivity index is 1.87. The SMILES string of the molecule is C=CCN(CCCC)C(=O)C1N([C@@H](CO)[C@@H](C)CC)C(=O)[C@@H]2[C@H](C(=O)N(CC=C)c3ccccc3)[C@]3(CC)CCC12O3. The lowest BCUT2D eigenvalue weighted by molar-refractivity contribution is -0.157. The third-order valence-corrected chi connectivity index (χ3v) is 10.1. The number of benzene rings is 1. The van der Waals surface area contributed by atoms with E-state index < -0.39 is 35.1 Å². The first kappa shape index (κ1) is 32.0. The van der Waals surface area contributed by atoms with Crippen LogP contribution in [-0.2, 0) is 19.1 Å². The van der Waals surface area contributed by atoms with Crippen molar-refractivity contribution in [1.82, 2.24) is 9.80 Å². The van der Waals surface area contributed by atoms with Gasteiger partial charge in [0.15, 0.2) is 0 Å².